The molecule has 1 aliphatic rings. The standard InChI is InChI=1S/C17H28N2O/c1-13-8-6-7-9-14(13)15(18)10-19-11-16(2,3)20-17(4,5)12-19/h6-9,15H,10-12,18H2,1-5H3. The van der Waals surface area contributed by atoms with E-state index in [1.807, 2.05) is 0 Å². The molecule has 112 valence electrons. The molecule has 20 heavy (non-hydrogen) atoms. The van der Waals surface area contributed by atoms with Crippen molar-refractivity contribution in [1.29, 1.82) is 0 Å². The van der Waals surface area contributed by atoms with Gasteiger partial charge in [0.25, 0.3) is 0 Å². The van der Waals surface area contributed by atoms with Crippen molar-refractivity contribution in [1.82, 2.24) is 4.90 Å². The zero-order chi connectivity index (χ0) is 15.0. The summed E-state index contributed by atoms with van der Waals surface area (Å²) in [6.07, 6.45) is 0. The first kappa shape index (κ1) is 15.5. The molecule has 0 aromatic heterocycles. The van der Waals surface area contributed by atoms with Crippen molar-refractivity contribution in [3.63, 3.8) is 0 Å². The molecule has 1 atom stereocenters. The van der Waals surface area contributed by atoms with Crippen LogP contribution in [0.4, 0.5) is 0 Å². The molecule has 0 spiro atoms. The van der Waals surface area contributed by atoms with E-state index in [9.17, 15) is 0 Å². The van der Waals surface area contributed by atoms with E-state index in [4.69, 9.17) is 10.5 Å². The second-order valence-corrected chi connectivity index (χ2v) is 7.25. The molecule has 0 amide bonds. The Labute approximate surface area is 123 Å². The van der Waals surface area contributed by atoms with Crippen LogP contribution >= 0.6 is 0 Å². The number of aryl methyl sites for hydroxylation is 1. The lowest BCUT2D eigenvalue weighted by molar-refractivity contribution is -0.181. The minimum atomic E-state index is -0.118. The van der Waals surface area contributed by atoms with Gasteiger partial charge in [-0.15, -0.1) is 0 Å². The molecule has 3 heteroatoms. The zero-order valence-electron chi connectivity index (χ0n) is 13.4. The zero-order valence-corrected chi connectivity index (χ0v) is 13.4. The lowest BCUT2D eigenvalue weighted by Gasteiger charge is -2.47. The summed E-state index contributed by atoms with van der Waals surface area (Å²) in [5.74, 6) is 0. The summed E-state index contributed by atoms with van der Waals surface area (Å²) < 4.78 is 6.12. The van der Waals surface area contributed by atoms with Crippen molar-refractivity contribution < 1.29 is 4.74 Å². The summed E-state index contributed by atoms with van der Waals surface area (Å²) in [4.78, 5) is 2.43. The molecule has 1 unspecified atom stereocenters. The summed E-state index contributed by atoms with van der Waals surface area (Å²) in [5.41, 5.74) is 8.70. The molecule has 0 aliphatic carbocycles. The minimum absolute atomic E-state index is 0.0564. The minimum Gasteiger partial charge on any atom is -0.367 e. The van der Waals surface area contributed by atoms with Crippen molar-refractivity contribution in [2.24, 2.45) is 5.73 Å². The van der Waals surface area contributed by atoms with Crippen LogP contribution in [0.3, 0.4) is 0 Å². The number of rotatable bonds is 3. The van der Waals surface area contributed by atoms with Gasteiger partial charge in [0.15, 0.2) is 0 Å². The predicted molar refractivity (Wildman–Crippen MR) is 83.8 cm³/mol. The topological polar surface area (TPSA) is 38.5 Å². The van der Waals surface area contributed by atoms with Crippen LogP contribution < -0.4 is 5.73 Å². The Hall–Kier alpha value is -0.900. The number of ether oxygens (including phenoxy) is 1. The van der Waals surface area contributed by atoms with Gasteiger partial charge in [-0.05, 0) is 45.7 Å². The van der Waals surface area contributed by atoms with Crippen LogP contribution in [0.25, 0.3) is 0 Å². The fraction of sp³-hybridized carbons (Fsp3) is 0.647. The van der Waals surface area contributed by atoms with Crippen molar-refractivity contribution in [3.05, 3.63) is 35.4 Å². The number of hydrogen-bond donors (Lipinski definition) is 1. The average molecular weight is 276 g/mol. The third-order valence-corrected chi connectivity index (χ3v) is 3.80. The van der Waals surface area contributed by atoms with Crippen LogP contribution in [0.1, 0.15) is 44.9 Å². The van der Waals surface area contributed by atoms with E-state index < -0.39 is 0 Å². The van der Waals surface area contributed by atoms with E-state index in [2.05, 4.69) is 63.8 Å². The number of hydrogen-bond acceptors (Lipinski definition) is 3. The van der Waals surface area contributed by atoms with Crippen LogP contribution in [0, 0.1) is 6.92 Å². The summed E-state index contributed by atoms with van der Waals surface area (Å²) in [7, 11) is 0. The maximum absolute atomic E-state index is 6.42. The highest BCUT2D eigenvalue weighted by molar-refractivity contribution is 5.28. The van der Waals surface area contributed by atoms with E-state index >= 15 is 0 Å². The second-order valence-electron chi connectivity index (χ2n) is 7.25. The second kappa shape index (κ2) is 5.47. The first-order valence-electron chi connectivity index (χ1n) is 7.42. The summed E-state index contributed by atoms with van der Waals surface area (Å²) in [6.45, 7) is 13.5. The number of nitrogens with two attached hydrogens (primary N) is 1. The average Bonchev–Trinajstić information content (AvgIpc) is 2.24. The molecular formula is C17H28N2O. The third kappa shape index (κ3) is 3.81. The highest BCUT2D eigenvalue weighted by Crippen LogP contribution is 2.29. The first-order valence-corrected chi connectivity index (χ1v) is 7.42. The van der Waals surface area contributed by atoms with Crippen LogP contribution in [0.15, 0.2) is 24.3 Å². The largest absolute Gasteiger partial charge is 0.367 e. The van der Waals surface area contributed by atoms with E-state index in [0.717, 1.165) is 19.6 Å². The van der Waals surface area contributed by atoms with E-state index in [0.29, 0.717) is 0 Å². The lowest BCUT2D eigenvalue weighted by Crippen LogP contribution is -2.58. The quantitative estimate of drug-likeness (QED) is 0.922. The SMILES string of the molecule is Cc1ccccc1C(N)CN1CC(C)(C)OC(C)(C)C1. The van der Waals surface area contributed by atoms with Gasteiger partial charge in [0, 0.05) is 25.7 Å². The fourth-order valence-electron chi connectivity index (χ4n) is 3.45. The predicted octanol–water partition coefficient (Wildman–Crippen LogP) is 2.88. The Morgan fingerprint density at radius 2 is 1.70 bits per heavy atom. The summed E-state index contributed by atoms with van der Waals surface area (Å²) in [5, 5.41) is 0. The highest BCUT2D eigenvalue weighted by Gasteiger charge is 2.38. The van der Waals surface area contributed by atoms with E-state index in [1.165, 1.54) is 11.1 Å². The molecule has 2 rings (SSSR count). The van der Waals surface area contributed by atoms with Gasteiger partial charge in [-0.2, -0.15) is 0 Å². The van der Waals surface area contributed by atoms with Gasteiger partial charge in [-0.1, -0.05) is 24.3 Å². The Kier molecular flexibility index (Phi) is 4.24. The van der Waals surface area contributed by atoms with Gasteiger partial charge in [0.1, 0.15) is 0 Å². The van der Waals surface area contributed by atoms with Gasteiger partial charge < -0.3 is 10.5 Å². The fourth-order valence-corrected chi connectivity index (χ4v) is 3.45. The van der Waals surface area contributed by atoms with E-state index in [1.54, 1.807) is 0 Å². The highest BCUT2D eigenvalue weighted by atomic mass is 16.5. The van der Waals surface area contributed by atoms with Crippen molar-refractivity contribution in [2.75, 3.05) is 19.6 Å². The Bertz CT molecular complexity index is 452. The third-order valence-electron chi connectivity index (χ3n) is 3.80. The summed E-state index contributed by atoms with van der Waals surface area (Å²) >= 11 is 0. The number of benzene rings is 1. The van der Waals surface area contributed by atoms with Crippen LogP contribution in [-0.2, 0) is 4.74 Å². The molecule has 0 bridgehead atoms. The molecule has 1 aliphatic heterocycles. The van der Waals surface area contributed by atoms with Crippen molar-refractivity contribution >= 4 is 0 Å². The van der Waals surface area contributed by atoms with Crippen molar-refractivity contribution in [3.8, 4) is 0 Å². The van der Waals surface area contributed by atoms with Crippen LogP contribution in [0.5, 0.6) is 0 Å². The van der Waals surface area contributed by atoms with Gasteiger partial charge in [0.05, 0.1) is 11.2 Å². The smallest absolute Gasteiger partial charge is 0.0760 e. The number of nitrogens with zero attached hydrogens (tertiary/aromatic N) is 1. The molecule has 1 fully saturated rings. The molecule has 1 aromatic carbocycles. The molecule has 0 saturated carbocycles. The maximum atomic E-state index is 6.42. The molecule has 1 heterocycles. The van der Waals surface area contributed by atoms with Crippen LogP contribution in [0.2, 0.25) is 0 Å². The lowest BCUT2D eigenvalue weighted by atomic mass is 9.96. The number of morpholine rings is 1. The normalized spacial score (nSPS) is 23.5. The molecule has 2 N–H and O–H groups in total. The maximum Gasteiger partial charge on any atom is 0.0760 e. The molecule has 1 saturated heterocycles. The first-order chi connectivity index (χ1) is 9.19. The van der Waals surface area contributed by atoms with E-state index in [-0.39, 0.29) is 17.2 Å². The molecule has 3 nitrogen and oxygen atoms in total. The molecule has 0 radical (unpaired) electrons. The Morgan fingerprint density at radius 3 is 2.25 bits per heavy atom. The van der Waals surface area contributed by atoms with Crippen LogP contribution in [-0.4, -0.2) is 35.7 Å². The molecular weight excluding hydrogens is 248 g/mol. The van der Waals surface area contributed by atoms with Crippen molar-refractivity contribution in [2.45, 2.75) is 51.9 Å². The monoisotopic (exact) mass is 276 g/mol. The molecule has 1 aromatic rings. The van der Waals surface area contributed by atoms with Gasteiger partial charge in [0.2, 0.25) is 0 Å². The van der Waals surface area contributed by atoms with Gasteiger partial charge in [-0.3, -0.25) is 4.90 Å². The van der Waals surface area contributed by atoms with Gasteiger partial charge in [-0.25, -0.2) is 0 Å². The Balaban J connectivity index is 2.08. The Morgan fingerprint density at radius 1 is 1.15 bits per heavy atom. The summed E-state index contributed by atoms with van der Waals surface area (Å²) in [6, 6.07) is 8.45. The van der Waals surface area contributed by atoms with Gasteiger partial charge >= 0.3 is 0 Å².